The zero-order valence-electron chi connectivity index (χ0n) is 2.83. The van der Waals surface area contributed by atoms with Crippen LogP contribution in [-0.2, 0) is 0 Å². The van der Waals surface area contributed by atoms with Crippen molar-refractivity contribution in [3.05, 3.63) is 12.2 Å². The van der Waals surface area contributed by atoms with Gasteiger partial charge in [0.2, 0.25) is 0 Å². The van der Waals surface area contributed by atoms with Gasteiger partial charge in [-0.3, -0.25) is 0 Å². The zero-order valence-corrected chi connectivity index (χ0v) is 2.83. The van der Waals surface area contributed by atoms with Gasteiger partial charge in [-0.05, 0) is 13.0 Å². The van der Waals surface area contributed by atoms with Crippen molar-refractivity contribution in [2.45, 2.75) is 6.92 Å². The molecule has 0 unspecified atom stereocenters. The normalized spacial score (nSPS) is 7.00. The lowest BCUT2D eigenvalue weighted by Crippen LogP contribution is -1.44. The van der Waals surface area contributed by atoms with Crippen LogP contribution in [0.25, 0.3) is 0 Å². The highest BCUT2D eigenvalue weighted by Crippen LogP contribution is 1.92. The Labute approximate surface area is 29.1 Å². The summed E-state index contributed by atoms with van der Waals surface area (Å²) in [7, 11) is 0. The smallest absolute Gasteiger partial charge is 0.174 e. The molecular weight excluding hydrogens is 74.0 g/mol. The molecule has 0 atom stereocenters. The second kappa shape index (κ2) is 1.88. The number of rotatable bonds is 0. The van der Waals surface area contributed by atoms with Crippen molar-refractivity contribution in [1.82, 2.24) is 0 Å². The zero-order chi connectivity index (χ0) is 4.28. The van der Waals surface area contributed by atoms with Crippen molar-refractivity contribution < 1.29 is 8.78 Å². The van der Waals surface area contributed by atoms with Crippen molar-refractivity contribution in [2.24, 2.45) is 0 Å². The van der Waals surface area contributed by atoms with Gasteiger partial charge in [0.25, 0.3) is 6.08 Å². The molecule has 0 aromatic carbocycles. The molecule has 0 aliphatic rings. The van der Waals surface area contributed by atoms with Gasteiger partial charge in [0, 0.05) is 0 Å². The van der Waals surface area contributed by atoms with Gasteiger partial charge in [0.05, 0.1) is 0 Å². The first-order valence-corrected chi connectivity index (χ1v) is 1.24. The lowest BCUT2D eigenvalue weighted by molar-refractivity contribution is 0.420. The van der Waals surface area contributed by atoms with E-state index in [0.717, 1.165) is 6.08 Å². The topological polar surface area (TPSA) is 0 Å². The Bertz CT molecular complexity index is 42.9. The molecule has 0 aliphatic carbocycles. The Morgan fingerprint density at radius 3 is 1.80 bits per heavy atom. The van der Waals surface area contributed by atoms with E-state index >= 15 is 0 Å². The first-order chi connectivity index (χ1) is 2.27. The van der Waals surface area contributed by atoms with Gasteiger partial charge in [-0.2, -0.15) is 8.78 Å². The van der Waals surface area contributed by atoms with Crippen LogP contribution in [0, 0.1) is 0 Å². The van der Waals surface area contributed by atoms with Crippen molar-refractivity contribution >= 4 is 0 Å². The fourth-order valence-corrected chi connectivity index (χ4v) is 0. The third-order valence-electron chi connectivity index (χ3n) is 0.218. The van der Waals surface area contributed by atoms with Crippen molar-refractivity contribution in [3.63, 3.8) is 0 Å². The van der Waals surface area contributed by atoms with Gasteiger partial charge < -0.3 is 0 Å². The summed E-state index contributed by atoms with van der Waals surface area (Å²) < 4.78 is 21.2. The van der Waals surface area contributed by atoms with Gasteiger partial charge in [-0.1, -0.05) is 0 Å². The molecule has 0 fully saturated rings. The van der Waals surface area contributed by atoms with E-state index < -0.39 is 6.08 Å². The van der Waals surface area contributed by atoms with Gasteiger partial charge in [0.1, 0.15) is 0 Å². The molecule has 30 valence electrons. The molecule has 0 spiro atoms. The minimum Gasteiger partial charge on any atom is -0.174 e. The summed E-state index contributed by atoms with van der Waals surface area (Å²) in [6.45, 7) is 1.29. The average Bonchev–Trinajstić information content (AvgIpc) is 1.38. The molecular formula is C3H4F2. The number of halogens is 2. The van der Waals surface area contributed by atoms with Gasteiger partial charge in [0.15, 0.2) is 0 Å². The summed E-state index contributed by atoms with van der Waals surface area (Å²) in [5.74, 6) is 0. The first-order valence-electron chi connectivity index (χ1n) is 1.24. The SMILES string of the molecule is CC=C(F)F. The van der Waals surface area contributed by atoms with Crippen LogP contribution in [0.3, 0.4) is 0 Å². The summed E-state index contributed by atoms with van der Waals surface area (Å²) in [5, 5.41) is 0. The van der Waals surface area contributed by atoms with Crippen LogP contribution in [0.1, 0.15) is 6.92 Å². The van der Waals surface area contributed by atoms with Crippen LogP contribution < -0.4 is 0 Å². The quantitative estimate of drug-likeness (QED) is 0.414. The van der Waals surface area contributed by atoms with Crippen LogP contribution in [0.15, 0.2) is 12.2 Å². The monoisotopic (exact) mass is 78.0 g/mol. The van der Waals surface area contributed by atoms with Crippen LogP contribution in [-0.4, -0.2) is 0 Å². The molecule has 0 heterocycles. The molecule has 0 amide bonds. The van der Waals surface area contributed by atoms with E-state index in [1.807, 2.05) is 0 Å². The maximum atomic E-state index is 10.6. The van der Waals surface area contributed by atoms with Crippen LogP contribution >= 0.6 is 0 Å². The van der Waals surface area contributed by atoms with Crippen LogP contribution in [0.5, 0.6) is 0 Å². The maximum absolute atomic E-state index is 10.6. The second-order valence-electron chi connectivity index (χ2n) is 0.578. The molecule has 0 aliphatic heterocycles. The molecule has 0 aromatic heterocycles. The van der Waals surface area contributed by atoms with E-state index in [9.17, 15) is 8.78 Å². The van der Waals surface area contributed by atoms with Gasteiger partial charge >= 0.3 is 0 Å². The average molecular weight is 78.1 g/mol. The molecule has 0 saturated carbocycles. The van der Waals surface area contributed by atoms with Crippen molar-refractivity contribution in [2.75, 3.05) is 0 Å². The lowest BCUT2D eigenvalue weighted by Gasteiger charge is -1.62. The van der Waals surface area contributed by atoms with E-state index in [1.54, 1.807) is 0 Å². The van der Waals surface area contributed by atoms with Crippen LogP contribution in [0.2, 0.25) is 0 Å². The highest BCUT2D eigenvalue weighted by molar-refractivity contribution is 4.72. The molecule has 0 nitrogen and oxygen atoms in total. The standard InChI is InChI=1S/C3H4F2/c1-2-3(4)5/h2H,1H3. The first kappa shape index (κ1) is 4.60. The summed E-state index contributed by atoms with van der Waals surface area (Å²) >= 11 is 0. The predicted octanol–water partition coefficient (Wildman–Crippen LogP) is 1.79. The molecule has 0 N–H and O–H groups in total. The molecule has 0 aromatic rings. The second-order valence-corrected chi connectivity index (χ2v) is 0.578. The fourth-order valence-electron chi connectivity index (χ4n) is 0. The Kier molecular flexibility index (Phi) is 1.73. The van der Waals surface area contributed by atoms with Gasteiger partial charge in [-0.15, -0.1) is 0 Å². The Hall–Kier alpha value is -0.400. The fraction of sp³-hybridized carbons (Fsp3) is 0.333. The molecule has 5 heavy (non-hydrogen) atoms. The highest BCUT2D eigenvalue weighted by Gasteiger charge is 1.74. The Morgan fingerprint density at radius 1 is 1.60 bits per heavy atom. The largest absolute Gasteiger partial charge is 0.266 e. The minimum atomic E-state index is -1.62. The van der Waals surface area contributed by atoms with E-state index in [-0.39, 0.29) is 0 Å². The predicted molar refractivity (Wildman–Crippen MR) is 16.0 cm³/mol. The molecule has 2 heteroatoms. The van der Waals surface area contributed by atoms with Gasteiger partial charge in [-0.25, -0.2) is 0 Å². The lowest BCUT2D eigenvalue weighted by atomic mass is 10.7. The molecule has 0 radical (unpaired) electrons. The van der Waals surface area contributed by atoms with E-state index in [0.29, 0.717) is 0 Å². The summed E-state index contributed by atoms with van der Waals surface area (Å²) in [6, 6.07) is 0. The molecule has 0 bridgehead atoms. The number of hydrogen-bond acceptors (Lipinski definition) is 0. The Morgan fingerprint density at radius 2 is 1.80 bits per heavy atom. The summed E-state index contributed by atoms with van der Waals surface area (Å²) in [4.78, 5) is 0. The van der Waals surface area contributed by atoms with E-state index in [2.05, 4.69) is 0 Å². The summed E-state index contributed by atoms with van der Waals surface area (Å²) in [6.07, 6.45) is -0.870. The van der Waals surface area contributed by atoms with E-state index in [4.69, 9.17) is 0 Å². The van der Waals surface area contributed by atoms with Crippen molar-refractivity contribution in [3.8, 4) is 0 Å². The minimum absolute atomic E-state index is 0.750. The van der Waals surface area contributed by atoms with E-state index in [1.165, 1.54) is 6.92 Å². The maximum Gasteiger partial charge on any atom is 0.266 e. The van der Waals surface area contributed by atoms with Crippen LogP contribution in [0.4, 0.5) is 8.78 Å². The summed E-state index contributed by atoms with van der Waals surface area (Å²) in [5.41, 5.74) is 0. The third-order valence-corrected chi connectivity index (χ3v) is 0.218. The molecule has 0 rings (SSSR count). The number of allylic oxidation sites excluding steroid dienone is 1. The van der Waals surface area contributed by atoms with Crippen molar-refractivity contribution in [1.29, 1.82) is 0 Å². The Balaban J connectivity index is 3.14. The molecule has 0 saturated heterocycles. The number of hydrogen-bond donors (Lipinski definition) is 0. The highest BCUT2D eigenvalue weighted by atomic mass is 19.3. The third kappa shape index (κ3) is 3.60.